The van der Waals surface area contributed by atoms with Crippen LogP contribution in [0.5, 0.6) is 0 Å². The van der Waals surface area contributed by atoms with Crippen LogP contribution >= 0.6 is 11.6 Å². The van der Waals surface area contributed by atoms with Crippen molar-refractivity contribution in [3.63, 3.8) is 0 Å². The Labute approximate surface area is 102 Å². The topological polar surface area (TPSA) is 29.0 Å². The molecule has 16 heavy (non-hydrogen) atoms. The van der Waals surface area contributed by atoms with E-state index in [0.717, 1.165) is 17.9 Å². The summed E-state index contributed by atoms with van der Waals surface area (Å²) in [4.78, 5) is 10.7. The summed E-state index contributed by atoms with van der Waals surface area (Å²) in [6, 6.07) is 0.526. The number of hydrogen-bond acceptors (Lipinski definition) is 3. The first-order valence-corrected chi connectivity index (χ1v) is 6.22. The second-order valence-corrected chi connectivity index (χ2v) is 5.02. The summed E-state index contributed by atoms with van der Waals surface area (Å²) >= 11 is 6.04. The van der Waals surface area contributed by atoms with E-state index in [1.165, 1.54) is 12.8 Å². The maximum atomic E-state index is 6.04. The molecular formula is C12H18ClN3. The molecule has 2 atom stereocenters. The summed E-state index contributed by atoms with van der Waals surface area (Å²) in [6.45, 7) is 7.62. The van der Waals surface area contributed by atoms with Crippen molar-refractivity contribution in [2.45, 2.75) is 39.7 Å². The quantitative estimate of drug-likeness (QED) is 0.706. The first-order chi connectivity index (χ1) is 7.61. The largest absolute Gasteiger partial charge is 0.353 e. The van der Waals surface area contributed by atoms with Gasteiger partial charge >= 0.3 is 0 Å². The molecule has 1 aromatic heterocycles. The Balaban J connectivity index is 2.32. The zero-order valence-electron chi connectivity index (χ0n) is 10.1. The number of nitrogens with zero attached hydrogens (tertiary/aromatic N) is 3. The minimum absolute atomic E-state index is 0.526. The summed E-state index contributed by atoms with van der Waals surface area (Å²) in [6.07, 6.45) is 4.08. The fourth-order valence-electron chi connectivity index (χ4n) is 2.34. The van der Waals surface area contributed by atoms with Crippen molar-refractivity contribution in [1.29, 1.82) is 0 Å². The molecule has 1 saturated heterocycles. The fourth-order valence-corrected chi connectivity index (χ4v) is 2.47. The van der Waals surface area contributed by atoms with Crippen LogP contribution in [0.4, 0.5) is 5.82 Å². The van der Waals surface area contributed by atoms with Gasteiger partial charge < -0.3 is 4.90 Å². The molecule has 0 bridgehead atoms. The van der Waals surface area contributed by atoms with Crippen molar-refractivity contribution < 1.29 is 0 Å². The average Bonchev–Trinajstić information content (AvgIpc) is 2.27. The van der Waals surface area contributed by atoms with Crippen LogP contribution in [-0.2, 0) is 0 Å². The Morgan fingerprint density at radius 2 is 2.12 bits per heavy atom. The van der Waals surface area contributed by atoms with E-state index in [2.05, 4.69) is 28.7 Å². The van der Waals surface area contributed by atoms with Crippen LogP contribution in [-0.4, -0.2) is 22.6 Å². The Hall–Kier alpha value is -0.830. The third-order valence-electron chi connectivity index (χ3n) is 3.64. The second-order valence-electron chi connectivity index (χ2n) is 4.67. The normalized spacial score (nSPS) is 25.9. The van der Waals surface area contributed by atoms with Crippen LogP contribution in [0.1, 0.15) is 32.3 Å². The molecule has 0 aromatic carbocycles. The lowest BCUT2D eigenvalue weighted by Crippen LogP contribution is -2.43. The summed E-state index contributed by atoms with van der Waals surface area (Å²) in [7, 11) is 0. The van der Waals surface area contributed by atoms with E-state index in [9.17, 15) is 0 Å². The third kappa shape index (κ3) is 2.01. The van der Waals surface area contributed by atoms with Crippen molar-refractivity contribution in [1.82, 2.24) is 9.97 Å². The fraction of sp³-hybridized carbons (Fsp3) is 0.667. The molecule has 4 heteroatoms. The molecular weight excluding hydrogens is 222 g/mol. The molecule has 0 amide bonds. The molecule has 0 saturated carbocycles. The zero-order chi connectivity index (χ0) is 11.7. The molecule has 2 unspecified atom stereocenters. The minimum Gasteiger partial charge on any atom is -0.353 e. The van der Waals surface area contributed by atoms with Crippen LogP contribution in [0.25, 0.3) is 0 Å². The van der Waals surface area contributed by atoms with E-state index >= 15 is 0 Å². The van der Waals surface area contributed by atoms with Crippen molar-refractivity contribution >= 4 is 17.4 Å². The SMILES string of the molecule is Cc1c(Cl)ncnc1N1CCCC(C)C1C. The lowest BCUT2D eigenvalue weighted by Gasteiger charge is -2.39. The predicted octanol–water partition coefficient (Wildman–Crippen LogP) is 3.06. The van der Waals surface area contributed by atoms with Gasteiger partial charge in [-0.25, -0.2) is 9.97 Å². The van der Waals surface area contributed by atoms with Gasteiger partial charge in [0.05, 0.1) is 0 Å². The summed E-state index contributed by atoms with van der Waals surface area (Å²) < 4.78 is 0. The molecule has 0 N–H and O–H groups in total. The molecule has 0 radical (unpaired) electrons. The average molecular weight is 240 g/mol. The van der Waals surface area contributed by atoms with E-state index < -0.39 is 0 Å². The molecule has 88 valence electrons. The van der Waals surface area contributed by atoms with Gasteiger partial charge in [-0.3, -0.25) is 0 Å². The number of piperidine rings is 1. The summed E-state index contributed by atoms with van der Waals surface area (Å²) in [5.74, 6) is 1.71. The number of halogens is 1. The molecule has 1 aliphatic rings. The number of hydrogen-bond donors (Lipinski definition) is 0. The second kappa shape index (κ2) is 4.58. The summed E-state index contributed by atoms with van der Waals surface area (Å²) in [5.41, 5.74) is 0.991. The molecule has 0 aliphatic carbocycles. The first-order valence-electron chi connectivity index (χ1n) is 5.85. The molecule has 1 aromatic rings. The van der Waals surface area contributed by atoms with Crippen molar-refractivity contribution in [3.05, 3.63) is 17.0 Å². The lowest BCUT2D eigenvalue weighted by atomic mass is 9.92. The van der Waals surface area contributed by atoms with Crippen LogP contribution in [0.3, 0.4) is 0 Å². The third-order valence-corrected chi connectivity index (χ3v) is 4.02. The molecule has 0 spiro atoms. The highest BCUT2D eigenvalue weighted by Crippen LogP contribution is 2.30. The van der Waals surface area contributed by atoms with E-state index in [-0.39, 0.29) is 0 Å². The number of rotatable bonds is 1. The highest BCUT2D eigenvalue weighted by atomic mass is 35.5. The Morgan fingerprint density at radius 3 is 2.88 bits per heavy atom. The smallest absolute Gasteiger partial charge is 0.137 e. The molecule has 3 nitrogen and oxygen atoms in total. The van der Waals surface area contributed by atoms with Gasteiger partial charge in [-0.1, -0.05) is 18.5 Å². The van der Waals surface area contributed by atoms with Gasteiger partial charge in [0.1, 0.15) is 17.3 Å². The van der Waals surface area contributed by atoms with Crippen LogP contribution < -0.4 is 4.90 Å². The van der Waals surface area contributed by atoms with Gasteiger partial charge in [-0.2, -0.15) is 0 Å². The Morgan fingerprint density at radius 1 is 1.38 bits per heavy atom. The molecule has 2 rings (SSSR count). The molecule has 1 fully saturated rings. The van der Waals surface area contributed by atoms with Gasteiger partial charge in [0, 0.05) is 18.2 Å². The van der Waals surface area contributed by atoms with Gasteiger partial charge in [0.2, 0.25) is 0 Å². The Bertz CT molecular complexity index is 381. The zero-order valence-corrected chi connectivity index (χ0v) is 10.8. The van der Waals surface area contributed by atoms with Gasteiger partial charge in [0.25, 0.3) is 0 Å². The van der Waals surface area contributed by atoms with E-state index in [1.807, 2.05) is 6.92 Å². The van der Waals surface area contributed by atoms with Gasteiger partial charge in [-0.15, -0.1) is 0 Å². The van der Waals surface area contributed by atoms with Crippen molar-refractivity contribution in [3.8, 4) is 0 Å². The highest BCUT2D eigenvalue weighted by Gasteiger charge is 2.27. The maximum Gasteiger partial charge on any atom is 0.137 e. The number of anilines is 1. The maximum absolute atomic E-state index is 6.04. The van der Waals surface area contributed by atoms with Crippen molar-refractivity contribution in [2.75, 3.05) is 11.4 Å². The highest BCUT2D eigenvalue weighted by molar-refractivity contribution is 6.30. The van der Waals surface area contributed by atoms with E-state index in [0.29, 0.717) is 17.1 Å². The van der Waals surface area contributed by atoms with E-state index in [1.54, 1.807) is 6.33 Å². The van der Waals surface area contributed by atoms with Gasteiger partial charge in [0.15, 0.2) is 0 Å². The lowest BCUT2D eigenvalue weighted by molar-refractivity contribution is 0.361. The van der Waals surface area contributed by atoms with E-state index in [4.69, 9.17) is 11.6 Å². The Kier molecular flexibility index (Phi) is 3.33. The van der Waals surface area contributed by atoms with Crippen LogP contribution in [0.2, 0.25) is 5.15 Å². The molecule has 2 heterocycles. The monoisotopic (exact) mass is 239 g/mol. The minimum atomic E-state index is 0.526. The van der Waals surface area contributed by atoms with Gasteiger partial charge in [-0.05, 0) is 32.6 Å². The first kappa shape index (κ1) is 11.6. The van der Waals surface area contributed by atoms with Crippen molar-refractivity contribution in [2.24, 2.45) is 5.92 Å². The van der Waals surface area contributed by atoms with Crippen LogP contribution in [0, 0.1) is 12.8 Å². The standard InChI is InChI=1S/C12H18ClN3/c1-8-5-4-6-16(10(8)3)12-9(2)11(13)14-7-15-12/h7-8,10H,4-6H2,1-3H3. The van der Waals surface area contributed by atoms with Crippen LogP contribution in [0.15, 0.2) is 6.33 Å². The number of aromatic nitrogens is 2. The summed E-state index contributed by atoms with van der Waals surface area (Å²) in [5, 5.41) is 0.565. The predicted molar refractivity (Wildman–Crippen MR) is 67.0 cm³/mol. The molecule has 1 aliphatic heterocycles.